The van der Waals surface area contributed by atoms with E-state index in [1.807, 2.05) is 12.1 Å². The first-order valence-electron chi connectivity index (χ1n) is 11.2. The second-order valence-electron chi connectivity index (χ2n) is 9.20. The van der Waals surface area contributed by atoms with E-state index in [0.29, 0.717) is 33.1 Å². The van der Waals surface area contributed by atoms with Crippen molar-refractivity contribution in [1.29, 1.82) is 0 Å². The van der Waals surface area contributed by atoms with Gasteiger partial charge in [-0.2, -0.15) is 0 Å². The second-order valence-corrected chi connectivity index (χ2v) is 9.61. The molecule has 8 heteroatoms. The lowest BCUT2D eigenvalue weighted by molar-refractivity contribution is -0.131. The minimum atomic E-state index is -0.716. The van der Waals surface area contributed by atoms with Crippen molar-refractivity contribution in [1.82, 2.24) is 4.57 Å². The van der Waals surface area contributed by atoms with Crippen LogP contribution in [-0.2, 0) is 16.1 Å². The molecule has 0 fully saturated rings. The zero-order valence-electron chi connectivity index (χ0n) is 20.3. The van der Waals surface area contributed by atoms with Crippen LogP contribution in [0.5, 0.6) is 11.5 Å². The number of aromatic nitrogens is 1. The van der Waals surface area contributed by atoms with E-state index >= 15 is 0 Å². The number of rotatable bonds is 5. The Labute approximate surface area is 213 Å². The highest BCUT2D eigenvalue weighted by Gasteiger charge is 2.22. The Morgan fingerprint density at radius 3 is 2.28 bits per heavy atom. The highest BCUT2D eigenvalue weighted by atomic mass is 35.5. The Morgan fingerprint density at radius 1 is 0.944 bits per heavy atom. The fraction of sp³-hybridized carbons (Fsp3) is 0.214. The number of ether oxygens (including phenoxy) is 3. The smallest absolute Gasteiger partial charge is 0.419 e. The quantitative estimate of drug-likeness (QED) is 0.207. The molecule has 0 unspecified atom stereocenters. The van der Waals surface area contributed by atoms with Gasteiger partial charge in [-0.15, -0.1) is 0 Å². The number of nitrogens with zero attached hydrogens (tertiary/aromatic N) is 1. The third-order valence-corrected chi connectivity index (χ3v) is 5.49. The molecule has 186 valence electrons. The predicted molar refractivity (Wildman–Crippen MR) is 136 cm³/mol. The molecule has 36 heavy (non-hydrogen) atoms. The summed E-state index contributed by atoms with van der Waals surface area (Å²) < 4.78 is 31.8. The number of hydrogen-bond acceptors (Lipinski definition) is 5. The molecule has 0 aliphatic rings. The van der Waals surface area contributed by atoms with E-state index in [4.69, 9.17) is 25.8 Å². The highest BCUT2D eigenvalue weighted by Crippen LogP contribution is 2.32. The van der Waals surface area contributed by atoms with Crippen molar-refractivity contribution in [3.8, 4) is 22.6 Å². The molecule has 0 spiro atoms. The van der Waals surface area contributed by atoms with E-state index in [-0.39, 0.29) is 6.61 Å². The molecule has 0 atom stereocenters. The van der Waals surface area contributed by atoms with E-state index in [9.17, 15) is 14.0 Å². The van der Waals surface area contributed by atoms with Gasteiger partial charge in [-0.05, 0) is 74.9 Å². The Hall–Kier alpha value is -3.84. The zero-order valence-corrected chi connectivity index (χ0v) is 21.1. The normalized spacial score (nSPS) is 11.4. The summed E-state index contributed by atoms with van der Waals surface area (Å²) in [5, 5.41) is 1.14. The van der Waals surface area contributed by atoms with Crippen molar-refractivity contribution in [2.75, 3.05) is 0 Å². The van der Waals surface area contributed by atoms with Crippen LogP contribution >= 0.6 is 11.6 Å². The number of halogens is 2. The summed E-state index contributed by atoms with van der Waals surface area (Å²) in [5.41, 5.74) is 1.83. The molecule has 4 rings (SSSR count). The van der Waals surface area contributed by atoms with Crippen LogP contribution in [0.1, 0.15) is 33.4 Å². The Kier molecular flexibility index (Phi) is 7.04. The van der Waals surface area contributed by atoms with Crippen molar-refractivity contribution in [3.63, 3.8) is 0 Å². The summed E-state index contributed by atoms with van der Waals surface area (Å²) in [6.45, 7) is 6.69. The minimum Gasteiger partial charge on any atom is -0.487 e. The van der Waals surface area contributed by atoms with Crippen molar-refractivity contribution in [2.24, 2.45) is 0 Å². The van der Waals surface area contributed by atoms with Gasteiger partial charge in [-0.3, -0.25) is 4.79 Å². The van der Waals surface area contributed by atoms with Gasteiger partial charge < -0.3 is 14.2 Å². The third-order valence-electron chi connectivity index (χ3n) is 5.17. The lowest BCUT2D eigenvalue weighted by Crippen LogP contribution is -2.28. The lowest BCUT2D eigenvalue weighted by atomic mass is 10.1. The van der Waals surface area contributed by atoms with Crippen LogP contribution in [0.15, 0.2) is 66.7 Å². The Balaban J connectivity index is 1.55. The zero-order chi connectivity index (χ0) is 26.0. The SMILES string of the molecule is CC(=O)Oc1ccc(-c2ccc(OCc3cc4ccc(F)cc4n3C(=O)OC(C)(C)C)cc2)c(Cl)c1. The minimum absolute atomic E-state index is 0.0622. The number of fused-ring (bicyclic) bond motifs is 1. The van der Waals surface area contributed by atoms with Crippen LogP contribution in [0, 0.1) is 5.82 Å². The van der Waals surface area contributed by atoms with Gasteiger partial charge in [0.05, 0.1) is 16.2 Å². The standard InChI is InChI=1S/C28H25ClFNO5/c1-17(32)35-23-11-12-24(25(29)15-23)18-6-9-22(10-7-18)34-16-21-13-19-5-8-20(30)14-26(19)31(21)27(33)36-28(2,3)4/h5-15H,16H2,1-4H3. The fourth-order valence-electron chi connectivity index (χ4n) is 3.71. The van der Waals surface area contributed by atoms with Gasteiger partial charge in [0.15, 0.2) is 0 Å². The van der Waals surface area contributed by atoms with Crippen molar-refractivity contribution < 1.29 is 28.2 Å². The van der Waals surface area contributed by atoms with Gasteiger partial charge in [0.2, 0.25) is 0 Å². The van der Waals surface area contributed by atoms with E-state index in [1.54, 1.807) is 63.2 Å². The van der Waals surface area contributed by atoms with Crippen LogP contribution in [0.3, 0.4) is 0 Å². The van der Waals surface area contributed by atoms with Crippen LogP contribution in [0.4, 0.5) is 9.18 Å². The summed E-state index contributed by atoms with van der Waals surface area (Å²) in [5.74, 6) is 0.0687. The molecule has 0 bridgehead atoms. The van der Waals surface area contributed by atoms with Crippen molar-refractivity contribution in [3.05, 3.63) is 83.3 Å². The predicted octanol–water partition coefficient (Wildman–Crippen LogP) is 7.39. The number of hydrogen-bond donors (Lipinski definition) is 0. The molecule has 0 saturated heterocycles. The van der Waals surface area contributed by atoms with Gasteiger partial charge in [0.1, 0.15) is 29.5 Å². The number of carbonyl (C=O) groups is 2. The topological polar surface area (TPSA) is 66.8 Å². The van der Waals surface area contributed by atoms with Crippen molar-refractivity contribution in [2.45, 2.75) is 39.9 Å². The van der Waals surface area contributed by atoms with Crippen LogP contribution in [0.25, 0.3) is 22.0 Å². The molecular weight excluding hydrogens is 485 g/mol. The molecule has 4 aromatic rings. The molecule has 0 radical (unpaired) electrons. The first-order valence-corrected chi connectivity index (χ1v) is 11.6. The van der Waals surface area contributed by atoms with E-state index in [1.165, 1.54) is 23.6 Å². The monoisotopic (exact) mass is 509 g/mol. The van der Waals surface area contributed by atoms with Crippen LogP contribution in [-0.4, -0.2) is 22.2 Å². The maximum atomic E-state index is 13.9. The van der Waals surface area contributed by atoms with Crippen LogP contribution < -0.4 is 9.47 Å². The highest BCUT2D eigenvalue weighted by molar-refractivity contribution is 6.33. The summed E-state index contributed by atoms with van der Waals surface area (Å²) in [6.07, 6.45) is -0.608. The summed E-state index contributed by atoms with van der Waals surface area (Å²) in [7, 11) is 0. The third kappa shape index (κ3) is 5.86. The summed E-state index contributed by atoms with van der Waals surface area (Å²) in [6, 6.07) is 18.3. The largest absolute Gasteiger partial charge is 0.487 e. The molecule has 0 amide bonds. The maximum Gasteiger partial charge on any atom is 0.419 e. The molecule has 0 aliphatic heterocycles. The lowest BCUT2D eigenvalue weighted by Gasteiger charge is -2.21. The summed E-state index contributed by atoms with van der Waals surface area (Å²) in [4.78, 5) is 24.1. The fourth-order valence-corrected chi connectivity index (χ4v) is 3.99. The van der Waals surface area contributed by atoms with Gasteiger partial charge >= 0.3 is 12.1 Å². The van der Waals surface area contributed by atoms with E-state index < -0.39 is 23.5 Å². The van der Waals surface area contributed by atoms with Crippen LogP contribution in [0.2, 0.25) is 5.02 Å². The van der Waals surface area contributed by atoms with Gasteiger partial charge in [-0.1, -0.05) is 23.7 Å². The molecule has 0 N–H and O–H groups in total. The first-order chi connectivity index (χ1) is 17.0. The molecule has 0 aliphatic carbocycles. The first kappa shape index (κ1) is 25.3. The van der Waals surface area contributed by atoms with Crippen molar-refractivity contribution >= 4 is 34.6 Å². The average Bonchev–Trinajstić information content (AvgIpc) is 3.14. The molecule has 0 saturated carbocycles. The summed E-state index contributed by atoms with van der Waals surface area (Å²) >= 11 is 6.38. The number of carbonyl (C=O) groups excluding carboxylic acids is 2. The Bertz CT molecular complexity index is 1440. The molecular formula is C28H25ClFNO5. The Morgan fingerprint density at radius 2 is 1.64 bits per heavy atom. The van der Waals surface area contributed by atoms with Gasteiger partial charge in [0.25, 0.3) is 0 Å². The second kappa shape index (κ2) is 10.0. The molecule has 1 aromatic heterocycles. The number of esters is 1. The van der Waals surface area contributed by atoms with E-state index in [2.05, 4.69) is 0 Å². The van der Waals surface area contributed by atoms with Gasteiger partial charge in [0, 0.05) is 23.9 Å². The maximum absolute atomic E-state index is 13.9. The molecule has 6 nitrogen and oxygen atoms in total. The van der Waals surface area contributed by atoms with Gasteiger partial charge in [-0.25, -0.2) is 13.8 Å². The molecule has 1 heterocycles. The van der Waals surface area contributed by atoms with E-state index in [0.717, 1.165) is 11.1 Å². The average molecular weight is 510 g/mol. The molecule has 3 aromatic carbocycles. The number of benzene rings is 3.